The monoisotopic (exact) mass is 383 g/mol. The Morgan fingerprint density at radius 2 is 1.93 bits per heavy atom. The van der Waals surface area contributed by atoms with Crippen LogP contribution in [0.1, 0.15) is 21.7 Å². The first-order chi connectivity index (χ1) is 12.9. The van der Waals surface area contributed by atoms with E-state index in [1.165, 1.54) is 12.3 Å². The molecule has 136 valence electrons. The minimum absolute atomic E-state index is 0.0225. The fourth-order valence-corrected chi connectivity index (χ4v) is 2.48. The standard InChI is InChI=1S/C19H14ClN3O4/c1-12-2-3-14(10-17(12)23(25)26)18-9-8-16(27-18)11-21-22-19(24)13-4-6-15(20)7-5-13/h2-11H,1H3,(H,22,24)/b21-11-. The number of nitrogens with zero attached hydrogens (tertiary/aromatic N) is 2. The number of nitro benzene ring substituents is 1. The summed E-state index contributed by atoms with van der Waals surface area (Å²) in [6, 6.07) is 14.6. The van der Waals surface area contributed by atoms with Crippen molar-refractivity contribution in [2.24, 2.45) is 5.10 Å². The Balaban J connectivity index is 1.70. The molecule has 1 heterocycles. The van der Waals surface area contributed by atoms with Gasteiger partial charge in [-0.25, -0.2) is 5.43 Å². The van der Waals surface area contributed by atoms with Crippen LogP contribution in [0.3, 0.4) is 0 Å². The summed E-state index contributed by atoms with van der Waals surface area (Å²) in [6.45, 7) is 1.67. The molecule has 0 bridgehead atoms. The van der Waals surface area contributed by atoms with Gasteiger partial charge in [0.15, 0.2) is 0 Å². The number of carbonyl (C=O) groups excluding carboxylic acids is 1. The van der Waals surface area contributed by atoms with Gasteiger partial charge in [0.1, 0.15) is 11.5 Å². The molecule has 3 aromatic rings. The lowest BCUT2D eigenvalue weighted by Crippen LogP contribution is -2.17. The SMILES string of the molecule is Cc1ccc(-c2ccc(/C=N\NC(=O)c3ccc(Cl)cc3)o2)cc1[N+](=O)[O-]. The highest BCUT2D eigenvalue weighted by Gasteiger charge is 2.13. The molecule has 3 rings (SSSR count). The molecule has 0 saturated carbocycles. The lowest BCUT2D eigenvalue weighted by atomic mass is 10.1. The van der Waals surface area contributed by atoms with E-state index in [0.717, 1.165) is 0 Å². The van der Waals surface area contributed by atoms with Gasteiger partial charge < -0.3 is 4.42 Å². The number of hydrogen-bond acceptors (Lipinski definition) is 5. The zero-order chi connectivity index (χ0) is 19.4. The summed E-state index contributed by atoms with van der Waals surface area (Å²) < 4.78 is 5.61. The van der Waals surface area contributed by atoms with Crippen LogP contribution >= 0.6 is 11.6 Å². The number of nitro groups is 1. The minimum atomic E-state index is -0.434. The van der Waals surface area contributed by atoms with Crippen LogP contribution in [0.2, 0.25) is 5.02 Å². The third-order valence-electron chi connectivity index (χ3n) is 3.78. The Hall–Kier alpha value is -3.45. The molecule has 0 saturated heterocycles. The van der Waals surface area contributed by atoms with Gasteiger partial charge in [-0.05, 0) is 43.3 Å². The maximum Gasteiger partial charge on any atom is 0.273 e. The van der Waals surface area contributed by atoms with Gasteiger partial charge in [0, 0.05) is 27.8 Å². The second-order valence-corrected chi connectivity index (χ2v) is 6.10. The Labute approximate surface area is 159 Å². The predicted octanol–water partition coefficient (Wildman–Crippen LogP) is 4.58. The Kier molecular flexibility index (Phi) is 5.33. The fraction of sp³-hybridized carbons (Fsp3) is 0.0526. The molecule has 1 aromatic heterocycles. The minimum Gasteiger partial charge on any atom is -0.455 e. The van der Waals surface area contributed by atoms with Crippen LogP contribution in [-0.2, 0) is 0 Å². The number of carbonyl (C=O) groups is 1. The Bertz CT molecular complexity index is 1030. The number of amides is 1. The van der Waals surface area contributed by atoms with E-state index >= 15 is 0 Å². The number of halogens is 1. The molecule has 2 aromatic carbocycles. The van der Waals surface area contributed by atoms with Crippen molar-refractivity contribution in [3.05, 3.63) is 86.6 Å². The molecule has 0 unspecified atom stereocenters. The zero-order valence-corrected chi connectivity index (χ0v) is 14.9. The van der Waals surface area contributed by atoms with Gasteiger partial charge >= 0.3 is 0 Å². The summed E-state index contributed by atoms with van der Waals surface area (Å²) in [6.07, 6.45) is 1.35. The number of aryl methyl sites for hydroxylation is 1. The smallest absolute Gasteiger partial charge is 0.273 e. The topological polar surface area (TPSA) is 97.7 Å². The summed E-state index contributed by atoms with van der Waals surface area (Å²) in [4.78, 5) is 22.6. The molecule has 1 N–H and O–H groups in total. The number of benzene rings is 2. The molecule has 0 aliphatic carbocycles. The van der Waals surface area contributed by atoms with Crippen molar-refractivity contribution in [2.45, 2.75) is 6.92 Å². The van der Waals surface area contributed by atoms with Crippen molar-refractivity contribution < 1.29 is 14.1 Å². The fourth-order valence-electron chi connectivity index (χ4n) is 2.36. The van der Waals surface area contributed by atoms with Crippen molar-refractivity contribution in [2.75, 3.05) is 0 Å². The van der Waals surface area contributed by atoms with Crippen molar-refractivity contribution in [3.8, 4) is 11.3 Å². The molecule has 0 fully saturated rings. The van der Waals surface area contributed by atoms with Crippen LogP contribution in [0.25, 0.3) is 11.3 Å². The highest BCUT2D eigenvalue weighted by molar-refractivity contribution is 6.30. The number of furan rings is 1. The van der Waals surface area contributed by atoms with Gasteiger partial charge in [-0.15, -0.1) is 0 Å². The van der Waals surface area contributed by atoms with Crippen molar-refractivity contribution in [1.29, 1.82) is 0 Å². The van der Waals surface area contributed by atoms with Gasteiger partial charge in [-0.3, -0.25) is 14.9 Å². The quantitative estimate of drug-likeness (QED) is 0.396. The van der Waals surface area contributed by atoms with E-state index < -0.39 is 4.92 Å². The van der Waals surface area contributed by atoms with E-state index in [4.69, 9.17) is 16.0 Å². The molecular formula is C19H14ClN3O4. The number of nitrogens with one attached hydrogen (secondary N) is 1. The van der Waals surface area contributed by atoms with E-state index in [0.29, 0.717) is 33.2 Å². The van der Waals surface area contributed by atoms with E-state index in [1.54, 1.807) is 55.5 Å². The van der Waals surface area contributed by atoms with Crippen LogP contribution in [0.5, 0.6) is 0 Å². The molecule has 0 spiro atoms. The summed E-state index contributed by atoms with van der Waals surface area (Å²) in [7, 11) is 0. The van der Waals surface area contributed by atoms with Crippen LogP contribution in [-0.4, -0.2) is 17.0 Å². The van der Waals surface area contributed by atoms with E-state index in [2.05, 4.69) is 10.5 Å². The van der Waals surface area contributed by atoms with Gasteiger partial charge in [0.05, 0.1) is 11.1 Å². The van der Waals surface area contributed by atoms with Crippen molar-refractivity contribution in [3.63, 3.8) is 0 Å². The first-order valence-electron chi connectivity index (χ1n) is 7.88. The van der Waals surface area contributed by atoms with Crippen LogP contribution < -0.4 is 5.43 Å². The summed E-state index contributed by atoms with van der Waals surface area (Å²) >= 11 is 5.78. The van der Waals surface area contributed by atoms with E-state index in [-0.39, 0.29) is 11.6 Å². The number of hydrazone groups is 1. The lowest BCUT2D eigenvalue weighted by molar-refractivity contribution is -0.385. The van der Waals surface area contributed by atoms with E-state index in [1.807, 2.05) is 0 Å². The highest BCUT2D eigenvalue weighted by atomic mass is 35.5. The van der Waals surface area contributed by atoms with Crippen LogP contribution in [0.4, 0.5) is 5.69 Å². The molecule has 1 amide bonds. The van der Waals surface area contributed by atoms with Crippen molar-refractivity contribution >= 4 is 29.4 Å². The van der Waals surface area contributed by atoms with Crippen molar-refractivity contribution in [1.82, 2.24) is 5.43 Å². The average molecular weight is 384 g/mol. The second kappa shape index (κ2) is 7.84. The maximum atomic E-state index is 11.9. The molecule has 0 radical (unpaired) electrons. The summed E-state index contributed by atoms with van der Waals surface area (Å²) in [5.41, 5.74) is 3.98. The zero-order valence-electron chi connectivity index (χ0n) is 14.2. The largest absolute Gasteiger partial charge is 0.455 e. The molecule has 8 heteroatoms. The van der Waals surface area contributed by atoms with Crippen LogP contribution in [0, 0.1) is 17.0 Å². The lowest BCUT2D eigenvalue weighted by Gasteiger charge is -2.00. The third-order valence-corrected chi connectivity index (χ3v) is 4.03. The molecular weight excluding hydrogens is 370 g/mol. The Morgan fingerprint density at radius 1 is 1.19 bits per heavy atom. The normalized spacial score (nSPS) is 10.9. The highest BCUT2D eigenvalue weighted by Crippen LogP contribution is 2.27. The van der Waals surface area contributed by atoms with Gasteiger partial charge in [-0.1, -0.05) is 23.7 Å². The first kappa shape index (κ1) is 18.3. The van der Waals surface area contributed by atoms with E-state index in [9.17, 15) is 14.9 Å². The summed E-state index contributed by atoms with van der Waals surface area (Å²) in [5.74, 6) is 0.470. The number of rotatable bonds is 5. The molecule has 0 atom stereocenters. The molecule has 27 heavy (non-hydrogen) atoms. The first-order valence-corrected chi connectivity index (χ1v) is 8.26. The van der Waals surface area contributed by atoms with Gasteiger partial charge in [-0.2, -0.15) is 5.10 Å². The third kappa shape index (κ3) is 4.39. The molecule has 0 aliphatic rings. The van der Waals surface area contributed by atoms with Gasteiger partial charge in [0.2, 0.25) is 0 Å². The maximum absolute atomic E-state index is 11.9. The molecule has 7 nitrogen and oxygen atoms in total. The number of hydrogen-bond donors (Lipinski definition) is 1. The molecule has 0 aliphatic heterocycles. The van der Waals surface area contributed by atoms with Gasteiger partial charge in [0.25, 0.3) is 11.6 Å². The second-order valence-electron chi connectivity index (χ2n) is 5.67. The average Bonchev–Trinajstić information content (AvgIpc) is 3.11. The van der Waals surface area contributed by atoms with Crippen LogP contribution in [0.15, 0.2) is 64.1 Å². The summed E-state index contributed by atoms with van der Waals surface area (Å²) in [5, 5.41) is 15.4. The predicted molar refractivity (Wildman–Crippen MR) is 102 cm³/mol. The Morgan fingerprint density at radius 3 is 2.63 bits per heavy atom.